The molecule has 1 amide bonds. The van der Waals surface area contributed by atoms with Gasteiger partial charge in [-0.2, -0.15) is 13.2 Å². The Kier molecular flexibility index (Phi) is 4.57. The molecule has 0 radical (unpaired) electrons. The molecule has 0 saturated heterocycles. The molecule has 1 aromatic rings. The van der Waals surface area contributed by atoms with Crippen LogP contribution in [0.3, 0.4) is 0 Å². The molecule has 3 rings (SSSR count). The molecule has 2 heterocycles. The second kappa shape index (κ2) is 6.37. The summed E-state index contributed by atoms with van der Waals surface area (Å²) in [4.78, 5) is 14.3. The summed E-state index contributed by atoms with van der Waals surface area (Å²) in [5, 5.41) is 8.32. The Balaban J connectivity index is 1.68. The number of hydrogen-bond donors (Lipinski definition) is 0. The van der Waals surface area contributed by atoms with E-state index in [4.69, 9.17) is 0 Å². The summed E-state index contributed by atoms with van der Waals surface area (Å²) in [6.45, 7) is 5.53. The Morgan fingerprint density at radius 2 is 1.96 bits per heavy atom. The van der Waals surface area contributed by atoms with Gasteiger partial charge in [-0.3, -0.25) is 4.79 Å². The Labute approximate surface area is 139 Å². The average Bonchev–Trinajstić information content (AvgIpc) is 2.96. The van der Waals surface area contributed by atoms with Gasteiger partial charge in [-0.1, -0.05) is 20.3 Å². The highest BCUT2D eigenvalue weighted by atomic mass is 19.4. The maximum absolute atomic E-state index is 12.9. The van der Waals surface area contributed by atoms with Gasteiger partial charge in [0.15, 0.2) is 5.82 Å². The van der Waals surface area contributed by atoms with E-state index in [1.807, 2.05) is 18.4 Å². The van der Waals surface area contributed by atoms with E-state index in [-0.39, 0.29) is 24.7 Å². The average molecular weight is 344 g/mol. The summed E-state index contributed by atoms with van der Waals surface area (Å²) in [7, 11) is 0. The minimum atomic E-state index is -4.20. The molecule has 0 bridgehead atoms. The van der Waals surface area contributed by atoms with Gasteiger partial charge in [0.25, 0.3) is 0 Å². The number of aromatic nitrogens is 3. The molecule has 1 aromatic heterocycles. The molecule has 2 aliphatic rings. The molecule has 1 saturated carbocycles. The normalized spacial score (nSPS) is 25.0. The quantitative estimate of drug-likeness (QED) is 0.828. The summed E-state index contributed by atoms with van der Waals surface area (Å²) < 4.78 is 40.9. The first-order chi connectivity index (χ1) is 11.3. The highest BCUT2D eigenvalue weighted by Crippen LogP contribution is 2.40. The zero-order valence-corrected chi connectivity index (χ0v) is 14.0. The maximum atomic E-state index is 12.9. The van der Waals surface area contributed by atoms with Crippen LogP contribution < -0.4 is 0 Å². The van der Waals surface area contributed by atoms with Crippen molar-refractivity contribution in [2.24, 2.45) is 11.8 Å². The Bertz CT molecular complexity index is 611. The minimum Gasteiger partial charge on any atom is -0.333 e. The summed E-state index contributed by atoms with van der Waals surface area (Å²) in [5.74, 6) is -0.164. The van der Waals surface area contributed by atoms with Gasteiger partial charge in [0.1, 0.15) is 5.82 Å². The van der Waals surface area contributed by atoms with Gasteiger partial charge < -0.3 is 9.47 Å². The summed E-state index contributed by atoms with van der Waals surface area (Å²) >= 11 is 0. The molecular weight excluding hydrogens is 321 g/mol. The second-order valence-corrected chi connectivity index (χ2v) is 7.14. The van der Waals surface area contributed by atoms with E-state index < -0.39 is 18.0 Å². The molecule has 1 aliphatic carbocycles. The van der Waals surface area contributed by atoms with Gasteiger partial charge in [-0.25, -0.2) is 0 Å². The number of amides is 1. The van der Waals surface area contributed by atoms with E-state index in [0.717, 1.165) is 11.6 Å². The molecular formula is C16H23F3N4O. The number of rotatable bonds is 2. The van der Waals surface area contributed by atoms with E-state index in [1.165, 1.54) is 0 Å². The van der Waals surface area contributed by atoms with Gasteiger partial charge in [0.05, 0.1) is 12.5 Å². The fourth-order valence-electron chi connectivity index (χ4n) is 3.77. The van der Waals surface area contributed by atoms with Crippen molar-refractivity contribution in [1.29, 1.82) is 0 Å². The first-order valence-corrected chi connectivity index (χ1v) is 8.55. The van der Waals surface area contributed by atoms with Crippen molar-refractivity contribution in [3.8, 4) is 0 Å². The predicted molar refractivity (Wildman–Crippen MR) is 81.0 cm³/mol. The van der Waals surface area contributed by atoms with Gasteiger partial charge >= 0.3 is 6.18 Å². The van der Waals surface area contributed by atoms with Crippen LogP contribution in [0.5, 0.6) is 0 Å². The fraction of sp³-hybridized carbons (Fsp3) is 0.812. The van der Waals surface area contributed by atoms with Crippen LogP contribution in [0.25, 0.3) is 0 Å². The second-order valence-electron chi connectivity index (χ2n) is 7.14. The third kappa shape index (κ3) is 3.28. The molecule has 2 atom stereocenters. The van der Waals surface area contributed by atoms with E-state index in [2.05, 4.69) is 10.2 Å². The van der Waals surface area contributed by atoms with E-state index in [9.17, 15) is 18.0 Å². The molecule has 134 valence electrons. The number of fused-ring (bicyclic) bond motifs is 1. The van der Waals surface area contributed by atoms with Crippen LogP contribution in [0.4, 0.5) is 13.2 Å². The third-order valence-corrected chi connectivity index (χ3v) is 5.10. The van der Waals surface area contributed by atoms with Crippen molar-refractivity contribution >= 4 is 5.91 Å². The Hall–Kier alpha value is -1.60. The van der Waals surface area contributed by atoms with E-state index >= 15 is 0 Å². The van der Waals surface area contributed by atoms with Gasteiger partial charge in [-0.05, 0) is 19.3 Å². The van der Waals surface area contributed by atoms with Crippen LogP contribution in [0, 0.1) is 11.8 Å². The smallest absolute Gasteiger partial charge is 0.333 e. The molecule has 0 spiro atoms. The Morgan fingerprint density at radius 1 is 1.21 bits per heavy atom. The number of alkyl halides is 3. The van der Waals surface area contributed by atoms with Crippen LogP contribution >= 0.6 is 0 Å². The first kappa shape index (κ1) is 17.2. The summed E-state index contributed by atoms with van der Waals surface area (Å²) in [6.07, 6.45) is -3.14. The standard InChI is InChI=1S/C16H23F3N4O/c1-10(2)14-21-20-13-9-22(6-7-23(13)14)15(24)11-4-3-5-12(8-11)16(17,18)19/h10-12H,3-9H2,1-2H3/t11-,12-/m1/s1. The van der Waals surface area contributed by atoms with Gasteiger partial charge in [-0.15, -0.1) is 10.2 Å². The number of nitrogens with zero attached hydrogens (tertiary/aromatic N) is 4. The minimum absolute atomic E-state index is 0.0806. The van der Waals surface area contributed by atoms with Crippen molar-refractivity contribution in [2.45, 2.75) is 64.7 Å². The highest BCUT2D eigenvalue weighted by Gasteiger charge is 2.44. The van der Waals surface area contributed by atoms with Crippen molar-refractivity contribution in [3.05, 3.63) is 11.6 Å². The molecule has 0 aromatic carbocycles. The Morgan fingerprint density at radius 3 is 2.62 bits per heavy atom. The molecule has 1 aliphatic heterocycles. The van der Waals surface area contributed by atoms with Crippen LogP contribution in [-0.4, -0.2) is 38.3 Å². The lowest BCUT2D eigenvalue weighted by Crippen LogP contribution is -2.44. The van der Waals surface area contributed by atoms with Gasteiger partial charge in [0.2, 0.25) is 5.91 Å². The lowest BCUT2D eigenvalue weighted by Gasteiger charge is -2.35. The molecule has 8 heteroatoms. The molecule has 0 unspecified atom stereocenters. The third-order valence-electron chi connectivity index (χ3n) is 5.10. The summed E-state index contributed by atoms with van der Waals surface area (Å²) in [6, 6.07) is 0. The maximum Gasteiger partial charge on any atom is 0.391 e. The van der Waals surface area contributed by atoms with Crippen molar-refractivity contribution < 1.29 is 18.0 Å². The number of halogens is 3. The van der Waals surface area contributed by atoms with Crippen molar-refractivity contribution in [1.82, 2.24) is 19.7 Å². The zero-order chi connectivity index (χ0) is 17.5. The van der Waals surface area contributed by atoms with E-state index in [1.54, 1.807) is 4.90 Å². The molecule has 24 heavy (non-hydrogen) atoms. The van der Waals surface area contributed by atoms with Crippen LogP contribution in [0.15, 0.2) is 0 Å². The number of hydrogen-bond acceptors (Lipinski definition) is 3. The lowest BCUT2D eigenvalue weighted by molar-refractivity contribution is -0.187. The SMILES string of the molecule is CC(C)c1nnc2n1CCN(C(=O)[C@@H]1CCC[C@@H](C(F)(F)F)C1)C2. The molecule has 0 N–H and O–H groups in total. The van der Waals surface area contributed by atoms with Crippen LogP contribution in [-0.2, 0) is 17.9 Å². The largest absolute Gasteiger partial charge is 0.391 e. The van der Waals surface area contributed by atoms with Gasteiger partial charge in [0, 0.05) is 24.9 Å². The first-order valence-electron chi connectivity index (χ1n) is 8.55. The fourth-order valence-corrected chi connectivity index (χ4v) is 3.77. The summed E-state index contributed by atoms with van der Waals surface area (Å²) in [5.41, 5.74) is 0. The van der Waals surface area contributed by atoms with Crippen LogP contribution in [0.1, 0.15) is 57.1 Å². The van der Waals surface area contributed by atoms with E-state index in [0.29, 0.717) is 32.5 Å². The monoisotopic (exact) mass is 344 g/mol. The highest BCUT2D eigenvalue weighted by molar-refractivity contribution is 5.79. The van der Waals surface area contributed by atoms with Crippen molar-refractivity contribution in [2.75, 3.05) is 6.54 Å². The predicted octanol–water partition coefficient (Wildman–Crippen LogP) is 3.11. The molecule has 1 fully saturated rings. The number of carbonyl (C=O) groups is 1. The molecule has 5 nitrogen and oxygen atoms in total. The number of carbonyl (C=O) groups excluding carboxylic acids is 1. The van der Waals surface area contributed by atoms with Crippen LogP contribution in [0.2, 0.25) is 0 Å². The topological polar surface area (TPSA) is 51.0 Å². The van der Waals surface area contributed by atoms with Crippen molar-refractivity contribution in [3.63, 3.8) is 0 Å². The zero-order valence-electron chi connectivity index (χ0n) is 14.0. The lowest BCUT2D eigenvalue weighted by atomic mass is 9.80.